The summed E-state index contributed by atoms with van der Waals surface area (Å²) in [7, 11) is 0. The molecule has 0 amide bonds. The Labute approximate surface area is 135 Å². The van der Waals surface area contributed by atoms with Crippen molar-refractivity contribution in [3.8, 4) is 17.7 Å². The van der Waals surface area contributed by atoms with Gasteiger partial charge in [0.15, 0.2) is 0 Å². The molecule has 112 valence electrons. The van der Waals surface area contributed by atoms with Gasteiger partial charge in [-0.05, 0) is 36.2 Å². The quantitative estimate of drug-likeness (QED) is 0.729. The maximum absolute atomic E-state index is 8.91. The molecule has 3 aromatic rings. The molecule has 0 atom stereocenters. The van der Waals surface area contributed by atoms with E-state index >= 15 is 0 Å². The molecule has 0 bridgehead atoms. The molecule has 2 aromatic carbocycles. The van der Waals surface area contributed by atoms with Gasteiger partial charge in [0.1, 0.15) is 11.6 Å². The molecule has 0 aliphatic heterocycles. The predicted molar refractivity (Wildman–Crippen MR) is 87.2 cm³/mol. The highest BCUT2D eigenvalue weighted by atomic mass is 16.5. The molecule has 4 heteroatoms. The van der Waals surface area contributed by atoms with Crippen LogP contribution in [0.2, 0.25) is 0 Å². The van der Waals surface area contributed by atoms with Gasteiger partial charge in [0, 0.05) is 18.7 Å². The number of aryl methyl sites for hydroxylation is 1. The molecule has 1 heterocycles. The molecule has 0 saturated heterocycles. The smallest absolute Gasteiger partial charge is 0.222 e. The van der Waals surface area contributed by atoms with E-state index in [0.29, 0.717) is 29.4 Å². The molecule has 0 saturated carbocycles. The average molecular weight is 301 g/mol. The van der Waals surface area contributed by atoms with E-state index in [-0.39, 0.29) is 0 Å². The summed E-state index contributed by atoms with van der Waals surface area (Å²) in [5.41, 5.74) is 2.66. The van der Waals surface area contributed by atoms with Crippen LogP contribution in [0.5, 0.6) is 11.6 Å². The van der Waals surface area contributed by atoms with Gasteiger partial charge in [-0.3, -0.25) is 0 Å². The molecular weight excluding hydrogens is 286 g/mol. The molecule has 0 spiro atoms. The summed E-state index contributed by atoms with van der Waals surface area (Å²) in [5, 5.41) is 8.91. The summed E-state index contributed by atoms with van der Waals surface area (Å²) >= 11 is 0. The molecule has 0 aliphatic carbocycles. The van der Waals surface area contributed by atoms with Crippen molar-refractivity contribution in [2.75, 3.05) is 0 Å². The highest BCUT2D eigenvalue weighted by Crippen LogP contribution is 2.24. The zero-order valence-corrected chi connectivity index (χ0v) is 12.7. The van der Waals surface area contributed by atoms with Gasteiger partial charge < -0.3 is 4.74 Å². The molecular formula is C19H15N3O. The highest BCUT2D eigenvalue weighted by molar-refractivity contribution is 5.42. The van der Waals surface area contributed by atoms with Crippen LogP contribution >= 0.6 is 0 Å². The van der Waals surface area contributed by atoms with Crippen LogP contribution in [0.15, 0.2) is 60.8 Å². The first-order valence-electron chi connectivity index (χ1n) is 7.29. The summed E-state index contributed by atoms with van der Waals surface area (Å²) in [5.74, 6) is 1.90. The number of rotatable bonds is 4. The van der Waals surface area contributed by atoms with E-state index < -0.39 is 0 Å². The number of hydrogen-bond acceptors (Lipinski definition) is 4. The van der Waals surface area contributed by atoms with E-state index in [1.807, 2.05) is 37.3 Å². The van der Waals surface area contributed by atoms with Gasteiger partial charge in [0.05, 0.1) is 11.6 Å². The first-order chi connectivity index (χ1) is 11.2. The van der Waals surface area contributed by atoms with Crippen LogP contribution < -0.4 is 4.74 Å². The lowest BCUT2D eigenvalue weighted by atomic mass is 10.1. The van der Waals surface area contributed by atoms with Crippen molar-refractivity contribution in [1.29, 1.82) is 5.26 Å². The van der Waals surface area contributed by atoms with Crippen molar-refractivity contribution in [2.45, 2.75) is 13.3 Å². The third kappa shape index (κ3) is 3.72. The monoisotopic (exact) mass is 301 g/mol. The Kier molecular flexibility index (Phi) is 4.30. The molecule has 0 aliphatic rings. The van der Waals surface area contributed by atoms with Crippen molar-refractivity contribution in [3.63, 3.8) is 0 Å². The van der Waals surface area contributed by atoms with Crippen LogP contribution in [0.25, 0.3) is 0 Å². The van der Waals surface area contributed by atoms with Crippen LogP contribution in [-0.4, -0.2) is 9.97 Å². The number of nitriles is 1. The molecule has 4 nitrogen and oxygen atoms in total. The zero-order valence-electron chi connectivity index (χ0n) is 12.7. The second-order valence-electron chi connectivity index (χ2n) is 5.17. The molecule has 0 N–H and O–H groups in total. The number of aromatic nitrogens is 2. The van der Waals surface area contributed by atoms with Gasteiger partial charge in [-0.1, -0.05) is 30.3 Å². The molecule has 0 fully saturated rings. The topological polar surface area (TPSA) is 58.8 Å². The summed E-state index contributed by atoms with van der Waals surface area (Å²) in [4.78, 5) is 8.74. The van der Waals surface area contributed by atoms with E-state index in [2.05, 4.69) is 16.0 Å². The van der Waals surface area contributed by atoms with E-state index in [9.17, 15) is 0 Å². The number of benzene rings is 2. The van der Waals surface area contributed by atoms with Gasteiger partial charge in [0.25, 0.3) is 0 Å². The van der Waals surface area contributed by atoms with Gasteiger partial charge in [-0.2, -0.15) is 10.2 Å². The summed E-state index contributed by atoms with van der Waals surface area (Å²) in [6, 6.07) is 19.2. The molecule has 3 rings (SSSR count). The van der Waals surface area contributed by atoms with E-state index in [4.69, 9.17) is 10.00 Å². The number of nitrogens with zero attached hydrogens (tertiary/aromatic N) is 3. The minimum absolute atomic E-state index is 0.499. The van der Waals surface area contributed by atoms with E-state index in [0.717, 1.165) is 11.1 Å². The summed E-state index contributed by atoms with van der Waals surface area (Å²) < 4.78 is 5.83. The van der Waals surface area contributed by atoms with Crippen molar-refractivity contribution in [1.82, 2.24) is 9.97 Å². The lowest BCUT2D eigenvalue weighted by Gasteiger charge is -2.09. The van der Waals surface area contributed by atoms with Crippen molar-refractivity contribution in [2.24, 2.45) is 0 Å². The van der Waals surface area contributed by atoms with Crippen LogP contribution in [0, 0.1) is 18.3 Å². The summed E-state index contributed by atoms with van der Waals surface area (Å²) in [6.07, 6.45) is 2.35. The maximum Gasteiger partial charge on any atom is 0.222 e. The number of ether oxygens (including phenoxy) is 1. The zero-order chi connectivity index (χ0) is 16.1. The Hall–Kier alpha value is -3.19. The lowest BCUT2D eigenvalue weighted by molar-refractivity contribution is 0.455. The SMILES string of the molecule is Cc1cc(C#N)ccc1Oc1ccnc(Cc2ccccc2)n1. The van der Waals surface area contributed by atoms with Crippen molar-refractivity contribution < 1.29 is 4.74 Å². The van der Waals surface area contributed by atoms with E-state index in [1.165, 1.54) is 0 Å². The standard InChI is InChI=1S/C19H15N3O/c1-14-11-16(13-20)7-8-17(14)23-19-9-10-21-18(22-19)12-15-5-3-2-4-6-15/h2-11H,12H2,1H3. The molecule has 1 aromatic heterocycles. The Morgan fingerprint density at radius 1 is 1.09 bits per heavy atom. The lowest BCUT2D eigenvalue weighted by Crippen LogP contribution is -1.98. The normalized spacial score (nSPS) is 10.1. The summed E-state index contributed by atoms with van der Waals surface area (Å²) in [6.45, 7) is 1.91. The first kappa shape index (κ1) is 14.7. The second kappa shape index (κ2) is 6.71. The molecule has 0 unspecified atom stereocenters. The Morgan fingerprint density at radius 3 is 2.65 bits per heavy atom. The Bertz CT molecular complexity index is 854. The minimum Gasteiger partial charge on any atom is -0.439 e. The second-order valence-corrected chi connectivity index (χ2v) is 5.17. The van der Waals surface area contributed by atoms with Crippen molar-refractivity contribution in [3.05, 3.63) is 83.3 Å². The Morgan fingerprint density at radius 2 is 1.91 bits per heavy atom. The van der Waals surface area contributed by atoms with Crippen molar-refractivity contribution >= 4 is 0 Å². The Balaban J connectivity index is 1.79. The fourth-order valence-corrected chi connectivity index (χ4v) is 2.25. The third-order valence-corrected chi connectivity index (χ3v) is 3.40. The average Bonchev–Trinajstić information content (AvgIpc) is 2.58. The van der Waals surface area contributed by atoms with Gasteiger partial charge in [-0.25, -0.2) is 4.98 Å². The fraction of sp³-hybridized carbons (Fsp3) is 0.105. The van der Waals surface area contributed by atoms with Gasteiger partial charge in [-0.15, -0.1) is 0 Å². The van der Waals surface area contributed by atoms with E-state index in [1.54, 1.807) is 30.5 Å². The highest BCUT2D eigenvalue weighted by Gasteiger charge is 2.06. The van der Waals surface area contributed by atoms with Crippen LogP contribution in [-0.2, 0) is 6.42 Å². The van der Waals surface area contributed by atoms with Crippen LogP contribution in [0.3, 0.4) is 0 Å². The largest absolute Gasteiger partial charge is 0.439 e. The predicted octanol–water partition coefficient (Wildman–Crippen LogP) is 4.04. The third-order valence-electron chi connectivity index (χ3n) is 3.40. The van der Waals surface area contributed by atoms with Gasteiger partial charge >= 0.3 is 0 Å². The number of hydrogen-bond donors (Lipinski definition) is 0. The minimum atomic E-state index is 0.499. The van der Waals surface area contributed by atoms with Gasteiger partial charge in [0.2, 0.25) is 5.88 Å². The fourth-order valence-electron chi connectivity index (χ4n) is 2.25. The first-order valence-corrected chi connectivity index (χ1v) is 7.29. The van der Waals surface area contributed by atoms with Crippen LogP contribution in [0.1, 0.15) is 22.5 Å². The molecule has 0 radical (unpaired) electrons. The maximum atomic E-state index is 8.91. The van der Waals surface area contributed by atoms with Crippen LogP contribution in [0.4, 0.5) is 0 Å². The molecule has 23 heavy (non-hydrogen) atoms.